The second kappa shape index (κ2) is 13.8. The van der Waals surface area contributed by atoms with Crippen molar-refractivity contribution < 1.29 is 24.2 Å². The number of hydrogen-bond acceptors (Lipinski definition) is 5. The first-order chi connectivity index (χ1) is 19.0. The van der Waals surface area contributed by atoms with Gasteiger partial charge in [-0.1, -0.05) is 72.8 Å². The topological polar surface area (TPSA) is 108 Å². The summed E-state index contributed by atoms with van der Waals surface area (Å²) in [6.07, 6.45) is -0.580. The highest BCUT2D eigenvalue weighted by Crippen LogP contribution is 2.28. The lowest BCUT2D eigenvalue weighted by atomic mass is 9.97. The lowest BCUT2D eigenvalue weighted by Gasteiger charge is -2.35. The number of aryl methyl sites for hydroxylation is 2. The predicted molar refractivity (Wildman–Crippen MR) is 156 cm³/mol. The summed E-state index contributed by atoms with van der Waals surface area (Å²) in [5.74, 6) is -0.946. The van der Waals surface area contributed by atoms with E-state index in [0.29, 0.717) is 11.3 Å². The fourth-order valence-electron chi connectivity index (χ4n) is 4.43. The van der Waals surface area contributed by atoms with E-state index in [1.54, 1.807) is 39.0 Å². The molecule has 8 heteroatoms. The van der Waals surface area contributed by atoms with E-state index >= 15 is 0 Å². The van der Waals surface area contributed by atoms with Gasteiger partial charge in [0.25, 0.3) is 5.91 Å². The van der Waals surface area contributed by atoms with Crippen LogP contribution in [0.25, 0.3) is 0 Å². The molecule has 0 aliphatic heterocycles. The lowest BCUT2D eigenvalue weighted by molar-refractivity contribution is -0.141. The van der Waals surface area contributed by atoms with Gasteiger partial charge in [-0.3, -0.25) is 9.59 Å². The minimum atomic E-state index is -1.07. The van der Waals surface area contributed by atoms with Crippen molar-refractivity contribution in [3.63, 3.8) is 0 Å². The van der Waals surface area contributed by atoms with Gasteiger partial charge in [0.05, 0.1) is 6.61 Å². The Kier molecular flexibility index (Phi) is 10.4. The minimum absolute atomic E-state index is 0.125. The van der Waals surface area contributed by atoms with Crippen LogP contribution in [0.1, 0.15) is 49.1 Å². The first-order valence-corrected chi connectivity index (χ1v) is 13.4. The zero-order valence-corrected chi connectivity index (χ0v) is 23.8. The number of nitrogens with zero attached hydrogens (tertiary/aromatic N) is 1. The molecule has 0 aliphatic carbocycles. The Labute approximate surface area is 236 Å². The average Bonchev–Trinajstić information content (AvgIpc) is 2.89. The van der Waals surface area contributed by atoms with Crippen molar-refractivity contribution in [2.75, 3.05) is 18.5 Å². The average molecular weight is 546 g/mol. The van der Waals surface area contributed by atoms with E-state index in [-0.39, 0.29) is 19.6 Å². The Morgan fingerprint density at radius 2 is 1.48 bits per heavy atom. The summed E-state index contributed by atoms with van der Waals surface area (Å²) >= 11 is 0. The molecule has 2 unspecified atom stereocenters. The highest BCUT2D eigenvalue weighted by molar-refractivity contribution is 5.99. The van der Waals surface area contributed by atoms with Crippen LogP contribution in [0.3, 0.4) is 0 Å². The van der Waals surface area contributed by atoms with Gasteiger partial charge in [-0.05, 0) is 62.9 Å². The maximum atomic E-state index is 14.3. The van der Waals surface area contributed by atoms with Crippen LogP contribution >= 0.6 is 0 Å². The maximum Gasteiger partial charge on any atom is 0.408 e. The number of hydrogen-bond donors (Lipinski definition) is 3. The maximum absolute atomic E-state index is 14.3. The van der Waals surface area contributed by atoms with Crippen LogP contribution in [-0.2, 0) is 20.7 Å². The SMILES string of the molecule is Cc1ccccc1NC(=O)C(c1ccccc1C)N(CCO)C(=O)C(Cc1ccccc1)NC(=O)OC(C)(C)C. The Balaban J connectivity index is 2.04. The molecule has 0 aliphatic rings. The summed E-state index contributed by atoms with van der Waals surface area (Å²) in [6.45, 7) is 8.46. The second-order valence-corrected chi connectivity index (χ2v) is 10.7. The van der Waals surface area contributed by atoms with Gasteiger partial charge in [0.15, 0.2) is 0 Å². The monoisotopic (exact) mass is 545 g/mol. The quantitative estimate of drug-likeness (QED) is 0.335. The van der Waals surface area contributed by atoms with Gasteiger partial charge < -0.3 is 25.4 Å². The smallest absolute Gasteiger partial charge is 0.408 e. The molecule has 0 radical (unpaired) electrons. The Morgan fingerprint density at radius 3 is 2.08 bits per heavy atom. The number of carbonyl (C=O) groups excluding carboxylic acids is 3. The van der Waals surface area contributed by atoms with Crippen molar-refractivity contribution in [2.45, 2.75) is 58.7 Å². The van der Waals surface area contributed by atoms with E-state index in [4.69, 9.17) is 4.74 Å². The molecular formula is C32H39N3O5. The van der Waals surface area contributed by atoms with E-state index in [2.05, 4.69) is 10.6 Å². The van der Waals surface area contributed by atoms with Crippen LogP contribution in [0, 0.1) is 13.8 Å². The summed E-state index contributed by atoms with van der Waals surface area (Å²) in [5.41, 5.74) is 2.96. The van der Waals surface area contributed by atoms with E-state index < -0.39 is 35.6 Å². The van der Waals surface area contributed by atoms with Gasteiger partial charge >= 0.3 is 6.09 Å². The van der Waals surface area contributed by atoms with Gasteiger partial charge in [-0.2, -0.15) is 0 Å². The van der Waals surface area contributed by atoms with Crippen molar-refractivity contribution >= 4 is 23.6 Å². The van der Waals surface area contributed by atoms with Crippen molar-refractivity contribution in [3.05, 3.63) is 101 Å². The van der Waals surface area contributed by atoms with E-state index in [9.17, 15) is 19.5 Å². The fourth-order valence-corrected chi connectivity index (χ4v) is 4.43. The number of benzene rings is 3. The number of carbonyl (C=O) groups is 3. The van der Waals surface area contributed by atoms with Crippen LogP contribution in [0.15, 0.2) is 78.9 Å². The molecule has 0 spiro atoms. The molecule has 2 atom stereocenters. The third kappa shape index (κ3) is 8.41. The number of aliphatic hydroxyl groups excluding tert-OH is 1. The molecule has 40 heavy (non-hydrogen) atoms. The standard InChI is InChI=1S/C32H39N3O5/c1-22-13-9-11-17-25(22)28(29(37)33-26-18-12-10-14-23(26)2)35(19-20-36)30(38)27(21-24-15-7-6-8-16-24)34-31(39)40-32(3,4)5/h6-18,27-28,36H,19-21H2,1-5H3,(H,33,37)(H,34,39). The first-order valence-electron chi connectivity index (χ1n) is 13.4. The zero-order valence-electron chi connectivity index (χ0n) is 23.8. The second-order valence-electron chi connectivity index (χ2n) is 10.7. The molecular weight excluding hydrogens is 506 g/mol. The Bertz CT molecular complexity index is 1300. The number of alkyl carbamates (subject to hydrolysis) is 1. The van der Waals surface area contributed by atoms with Gasteiger partial charge in [0.2, 0.25) is 5.91 Å². The molecule has 0 heterocycles. The van der Waals surface area contributed by atoms with E-state index in [1.165, 1.54) is 4.90 Å². The highest BCUT2D eigenvalue weighted by Gasteiger charge is 2.37. The van der Waals surface area contributed by atoms with E-state index in [1.807, 2.05) is 74.5 Å². The molecule has 0 saturated heterocycles. The molecule has 0 bridgehead atoms. The van der Waals surface area contributed by atoms with E-state index in [0.717, 1.165) is 16.7 Å². The Morgan fingerprint density at radius 1 is 0.875 bits per heavy atom. The third-order valence-electron chi connectivity index (χ3n) is 6.34. The molecule has 3 N–H and O–H groups in total. The molecule has 3 rings (SSSR count). The third-order valence-corrected chi connectivity index (χ3v) is 6.34. The summed E-state index contributed by atoms with van der Waals surface area (Å²) in [7, 11) is 0. The van der Waals surface area contributed by atoms with Crippen molar-refractivity contribution in [1.29, 1.82) is 0 Å². The van der Waals surface area contributed by atoms with Gasteiger partial charge in [-0.25, -0.2) is 4.79 Å². The largest absolute Gasteiger partial charge is 0.444 e. The molecule has 212 valence electrons. The fraction of sp³-hybridized carbons (Fsp3) is 0.344. The number of aliphatic hydroxyl groups is 1. The molecule has 3 amide bonds. The normalized spacial score (nSPS) is 12.7. The lowest BCUT2D eigenvalue weighted by Crippen LogP contribution is -2.54. The molecule has 0 fully saturated rings. The molecule has 3 aromatic carbocycles. The minimum Gasteiger partial charge on any atom is -0.444 e. The predicted octanol–water partition coefficient (Wildman–Crippen LogP) is 4.94. The number of rotatable bonds is 10. The van der Waals surface area contributed by atoms with Crippen molar-refractivity contribution in [2.24, 2.45) is 0 Å². The molecule has 8 nitrogen and oxygen atoms in total. The van der Waals surface area contributed by atoms with Crippen LogP contribution in [0.5, 0.6) is 0 Å². The summed E-state index contributed by atoms with van der Waals surface area (Å²) in [5, 5.41) is 15.7. The van der Waals surface area contributed by atoms with Crippen molar-refractivity contribution in [1.82, 2.24) is 10.2 Å². The summed E-state index contributed by atoms with van der Waals surface area (Å²) in [6, 6.07) is 21.9. The van der Waals surface area contributed by atoms with Crippen molar-refractivity contribution in [3.8, 4) is 0 Å². The van der Waals surface area contributed by atoms with Gasteiger partial charge in [0, 0.05) is 18.7 Å². The van der Waals surface area contributed by atoms with Crippen LogP contribution in [0.4, 0.5) is 10.5 Å². The zero-order chi connectivity index (χ0) is 29.3. The number of nitrogens with one attached hydrogen (secondary N) is 2. The highest BCUT2D eigenvalue weighted by atomic mass is 16.6. The Hall–Kier alpha value is -4.17. The molecule has 0 aromatic heterocycles. The van der Waals surface area contributed by atoms with Crippen LogP contribution in [0.2, 0.25) is 0 Å². The number of anilines is 1. The molecule has 3 aromatic rings. The number of para-hydroxylation sites is 1. The van der Waals surface area contributed by atoms with Gasteiger partial charge in [0.1, 0.15) is 17.7 Å². The number of amides is 3. The first kappa shape index (κ1) is 30.4. The summed E-state index contributed by atoms with van der Waals surface area (Å²) in [4.78, 5) is 42.3. The van der Waals surface area contributed by atoms with Crippen LogP contribution in [-0.4, -0.2) is 52.7 Å². The van der Waals surface area contributed by atoms with Crippen LogP contribution < -0.4 is 10.6 Å². The number of ether oxygens (including phenoxy) is 1. The summed E-state index contributed by atoms with van der Waals surface area (Å²) < 4.78 is 5.45. The molecule has 0 saturated carbocycles. The van der Waals surface area contributed by atoms with Gasteiger partial charge in [-0.15, -0.1) is 0 Å².